The molecule has 6 N–H and O–H groups in total. The quantitative estimate of drug-likeness (QED) is 0.0131. The molecule has 0 aliphatic carbocycles. The van der Waals surface area contributed by atoms with Crippen LogP contribution in [0, 0.1) is 0 Å². The first kappa shape index (κ1) is 48.3. The number of aromatic hydroxyl groups is 2. The largest absolute Gasteiger partial charge is 0.506 e. The third-order valence-corrected chi connectivity index (χ3v) is 11.4. The van der Waals surface area contributed by atoms with Crippen LogP contribution in [-0.4, -0.2) is 72.6 Å². The molecule has 0 aliphatic rings. The van der Waals surface area contributed by atoms with E-state index in [2.05, 4.69) is 45.0 Å². The monoisotopic (exact) mass is 989 g/mol. The van der Waals surface area contributed by atoms with Gasteiger partial charge >= 0.3 is 0 Å². The van der Waals surface area contributed by atoms with Gasteiger partial charge < -0.3 is 19.7 Å². The first-order valence-electron chi connectivity index (χ1n) is 17.1. The van der Waals surface area contributed by atoms with Crippen molar-refractivity contribution < 1.29 is 89.7 Å². The molecule has 28 heteroatoms. The van der Waals surface area contributed by atoms with Gasteiger partial charge in [-0.15, -0.1) is 35.0 Å². The van der Waals surface area contributed by atoms with Gasteiger partial charge in [-0.2, -0.15) is 25.3 Å². The van der Waals surface area contributed by atoms with Crippen molar-refractivity contribution in [3.05, 3.63) is 79.0 Å². The van der Waals surface area contributed by atoms with Gasteiger partial charge in [0.25, 0.3) is 30.4 Å². The Bertz CT molecular complexity index is 3180. The number of rotatable bonds is 16. The summed E-state index contributed by atoms with van der Waals surface area (Å²) in [6.07, 6.45) is 1.25. The Kier molecular flexibility index (Phi) is 15.1. The molecule has 1 aromatic heterocycles. The van der Waals surface area contributed by atoms with Crippen molar-refractivity contribution in [3.8, 4) is 23.0 Å². The molecule has 0 unspecified atom stereocenters. The van der Waals surface area contributed by atoms with Gasteiger partial charge in [-0.25, -0.2) is 5.26 Å². The Labute approximate surface area is 370 Å². The molecule has 23 nitrogen and oxygen atoms in total. The van der Waals surface area contributed by atoms with Crippen LogP contribution in [0.4, 0.5) is 34.1 Å². The normalized spacial score (nSPS) is 12.5. The molecule has 5 aromatic carbocycles. The smallest absolute Gasteiger partial charge is 0.296 e. The number of ether oxygens (including phenoxy) is 2. The molecule has 0 saturated carbocycles. The fraction of sp³-hybridized carbons (Fsp3) is 0.114. The minimum absolute atomic E-state index is 0. The van der Waals surface area contributed by atoms with Crippen LogP contribution < -0.4 is 9.47 Å². The van der Waals surface area contributed by atoms with E-state index < -0.39 is 67.9 Å². The first-order valence-corrected chi connectivity index (χ1v) is 22.2. The number of aromatic nitrogens is 1. The van der Waals surface area contributed by atoms with Gasteiger partial charge in [-0.05, 0) is 62.4 Å². The third kappa shape index (κ3) is 11.1. The average Bonchev–Trinajstić information content (AvgIpc) is 3.21. The van der Waals surface area contributed by atoms with Gasteiger partial charge in [0.05, 0.1) is 35.8 Å². The number of azo groups is 3. The van der Waals surface area contributed by atoms with Gasteiger partial charge in [-0.3, -0.25) is 18.6 Å². The maximum Gasteiger partial charge on any atom is 0.296 e. The van der Waals surface area contributed by atoms with E-state index in [9.17, 15) is 49.1 Å². The zero-order chi connectivity index (χ0) is 45.0. The van der Waals surface area contributed by atoms with Crippen molar-refractivity contribution in [1.29, 1.82) is 0 Å². The molecule has 0 aliphatic heterocycles. The molecule has 0 bridgehead atoms. The summed E-state index contributed by atoms with van der Waals surface area (Å²) >= 11 is 0.490. The van der Waals surface area contributed by atoms with Crippen molar-refractivity contribution in [2.24, 2.45) is 30.7 Å². The van der Waals surface area contributed by atoms with E-state index in [1.54, 1.807) is 13.8 Å². The Balaban J connectivity index is 0.00000748. The summed E-state index contributed by atoms with van der Waals surface area (Å²) in [6.45, 7) is 3.48. The zero-order valence-corrected chi connectivity index (χ0v) is 36.0. The summed E-state index contributed by atoms with van der Waals surface area (Å²) in [7, 11) is -14.5. The molecular weight excluding hydrogens is 961 g/mol. The molecule has 0 spiro atoms. The maximum absolute atomic E-state index is 12.2. The number of benzene rings is 5. The number of hydrogen-bond donors (Lipinski definition) is 6. The van der Waals surface area contributed by atoms with E-state index in [1.807, 2.05) is 0 Å². The first-order chi connectivity index (χ1) is 29.3. The van der Waals surface area contributed by atoms with Gasteiger partial charge in [0, 0.05) is 61.9 Å². The number of phenolic OH excluding ortho intramolecular Hbond substituents is 2. The van der Waals surface area contributed by atoms with Crippen molar-refractivity contribution in [2.75, 3.05) is 13.2 Å². The Morgan fingerprint density at radius 1 is 0.619 bits per heavy atom. The van der Waals surface area contributed by atoms with E-state index in [-0.39, 0.29) is 90.5 Å². The SMILES string of the molecule is CCOc1cc(N=Nc2cc(O)c(N=Nc3cc(S(=O)(=O)O)c4cccnc4c3O)c3cc(S(=O)(=O)O)ccc23)c(OCC)cc1N=Nc1cc(SOOO)ccc1S(=O)(=O)O.[Ni]. The number of nitrogens with zero attached hydrogens (tertiary/aromatic N) is 7. The molecule has 0 saturated heterocycles. The fourth-order valence-corrected chi connectivity index (χ4v) is 7.84. The van der Waals surface area contributed by atoms with E-state index >= 15 is 0 Å². The molecule has 63 heavy (non-hydrogen) atoms. The topological polar surface area (TPSA) is 348 Å². The Hall–Kier alpha value is -5.78. The number of phenols is 2. The molecule has 334 valence electrons. The van der Waals surface area contributed by atoms with Crippen LogP contribution in [0.2, 0.25) is 0 Å². The van der Waals surface area contributed by atoms with Crippen LogP contribution >= 0.6 is 12.0 Å². The van der Waals surface area contributed by atoms with Crippen molar-refractivity contribution in [3.63, 3.8) is 0 Å². The molecular formula is C35H29N7NiO16S4. The molecule has 6 aromatic rings. The zero-order valence-electron chi connectivity index (χ0n) is 31.8. The Morgan fingerprint density at radius 2 is 1.22 bits per heavy atom. The summed E-state index contributed by atoms with van der Waals surface area (Å²) in [6, 6.07) is 13.8. The Morgan fingerprint density at radius 3 is 1.81 bits per heavy atom. The van der Waals surface area contributed by atoms with Crippen molar-refractivity contribution in [2.45, 2.75) is 33.4 Å². The van der Waals surface area contributed by atoms with Crippen molar-refractivity contribution in [1.82, 2.24) is 4.98 Å². The van der Waals surface area contributed by atoms with E-state index in [4.69, 9.17) is 14.7 Å². The van der Waals surface area contributed by atoms with Gasteiger partial charge in [0.2, 0.25) is 0 Å². The van der Waals surface area contributed by atoms with Gasteiger partial charge in [0.15, 0.2) is 5.75 Å². The third-order valence-electron chi connectivity index (χ3n) is 8.22. The molecule has 0 fully saturated rings. The summed E-state index contributed by atoms with van der Waals surface area (Å²) < 4.78 is 118. The summed E-state index contributed by atoms with van der Waals surface area (Å²) in [5, 5.41) is 58.4. The predicted octanol–water partition coefficient (Wildman–Crippen LogP) is 9.01. The van der Waals surface area contributed by atoms with E-state index in [0.717, 1.165) is 30.3 Å². The van der Waals surface area contributed by atoms with E-state index in [0.29, 0.717) is 12.0 Å². The number of hydrogen-bond acceptors (Lipinski definition) is 21. The summed E-state index contributed by atoms with van der Waals surface area (Å²) in [5.41, 5.74) is -1.63. The van der Waals surface area contributed by atoms with Crippen LogP contribution in [0.15, 0.2) is 129 Å². The maximum atomic E-state index is 12.2. The van der Waals surface area contributed by atoms with E-state index in [1.165, 1.54) is 48.7 Å². The van der Waals surface area contributed by atoms with Gasteiger partial charge in [0.1, 0.15) is 61.0 Å². The minimum Gasteiger partial charge on any atom is -0.506 e. The molecule has 0 amide bonds. The van der Waals surface area contributed by atoms with Crippen molar-refractivity contribution >= 4 is 98.2 Å². The average molecular weight is 991 g/mol. The minimum atomic E-state index is -4.88. The fourth-order valence-electron chi connectivity index (χ4n) is 5.63. The summed E-state index contributed by atoms with van der Waals surface area (Å²) in [5.74, 6) is -1.25. The summed E-state index contributed by atoms with van der Waals surface area (Å²) in [4.78, 5) is 2.22. The second-order valence-corrected chi connectivity index (χ2v) is 17.1. The second-order valence-electron chi connectivity index (χ2n) is 12.1. The molecule has 0 atom stereocenters. The predicted molar refractivity (Wildman–Crippen MR) is 217 cm³/mol. The standard InChI is InChI=1S/C35H29N7O16S4.Ni/c1-3-55-29-16-25(39-40-26-12-18(59-58-57-45)7-10-31(26)61(49,50)51)30(56-4-2)15-24(29)38-37-23-14-28(43)33(22-13-19(60(46,47)48)8-9-20(22)23)42-41-27-17-32(62(52,53)54)21-6-5-11-36-34(21)35(27)44;/h5-17,43-45H,3-4H2,1-2H3,(H,46,47,48)(H,49,50,51)(H,52,53,54);. The second kappa shape index (κ2) is 19.7. The van der Waals surface area contributed by atoms with Crippen LogP contribution in [-0.2, 0) is 56.2 Å². The van der Waals surface area contributed by atoms with Crippen LogP contribution in [0.25, 0.3) is 21.7 Å². The van der Waals surface area contributed by atoms with Crippen LogP contribution in [0.1, 0.15) is 13.8 Å². The van der Waals surface area contributed by atoms with Crippen LogP contribution in [0.3, 0.4) is 0 Å². The van der Waals surface area contributed by atoms with Crippen LogP contribution in [0.5, 0.6) is 23.0 Å². The molecule has 0 radical (unpaired) electrons. The number of pyridine rings is 1. The molecule has 6 rings (SSSR count). The van der Waals surface area contributed by atoms with Gasteiger partial charge in [-0.1, -0.05) is 11.1 Å². The number of fused-ring (bicyclic) bond motifs is 2. The molecule has 1 heterocycles.